The van der Waals surface area contributed by atoms with Crippen LogP contribution in [0, 0.1) is 19.8 Å². The topological polar surface area (TPSA) is 94.3 Å². The van der Waals surface area contributed by atoms with Gasteiger partial charge in [0.25, 0.3) is 11.6 Å². The van der Waals surface area contributed by atoms with E-state index < -0.39 is 12.0 Å². The highest BCUT2D eigenvalue weighted by Crippen LogP contribution is 2.22. The third-order valence-corrected chi connectivity index (χ3v) is 3.49. The van der Waals surface area contributed by atoms with Crippen LogP contribution in [0.4, 0.5) is 0 Å². The number of rotatable bonds is 5. The van der Waals surface area contributed by atoms with Gasteiger partial charge in [-0.1, -0.05) is 19.0 Å². The molecule has 1 unspecified atom stereocenters. The summed E-state index contributed by atoms with van der Waals surface area (Å²) in [6.07, 6.45) is 0.494. The lowest BCUT2D eigenvalue weighted by molar-refractivity contribution is -0.143. The molecule has 0 spiro atoms. The van der Waals surface area contributed by atoms with E-state index in [4.69, 9.17) is 9.26 Å². The van der Waals surface area contributed by atoms with Gasteiger partial charge in [-0.3, -0.25) is 4.79 Å². The minimum absolute atomic E-state index is 0.232. The zero-order valence-electron chi connectivity index (χ0n) is 14.0. The molecule has 0 saturated carbocycles. The van der Waals surface area contributed by atoms with Crippen LogP contribution >= 0.6 is 0 Å². The Morgan fingerprint density at radius 2 is 2.04 bits per heavy atom. The highest BCUT2D eigenvalue weighted by molar-refractivity contribution is 6.07. The van der Waals surface area contributed by atoms with E-state index in [1.165, 1.54) is 7.11 Å². The van der Waals surface area contributed by atoms with Crippen molar-refractivity contribution in [1.29, 1.82) is 0 Å². The standard InChI is InChI=1S/C16H21N3O4/c1-8(2)6-12(16(21)22-5)18-14(20)11-7-9(3)17-15-13(11)10(4)19-23-15/h7-8,12H,6H2,1-5H3,(H,18,20). The van der Waals surface area contributed by atoms with E-state index in [-0.39, 0.29) is 11.8 Å². The van der Waals surface area contributed by atoms with Gasteiger partial charge in [0.15, 0.2) is 0 Å². The van der Waals surface area contributed by atoms with Gasteiger partial charge < -0.3 is 14.6 Å². The summed E-state index contributed by atoms with van der Waals surface area (Å²) in [6, 6.07) is 0.960. The number of pyridine rings is 1. The van der Waals surface area contributed by atoms with Crippen molar-refractivity contribution in [3.63, 3.8) is 0 Å². The van der Waals surface area contributed by atoms with Gasteiger partial charge in [0.2, 0.25) is 0 Å². The van der Waals surface area contributed by atoms with Crippen LogP contribution in [0.5, 0.6) is 0 Å². The van der Waals surface area contributed by atoms with Crippen LogP contribution in [0.15, 0.2) is 10.6 Å². The maximum atomic E-state index is 12.7. The van der Waals surface area contributed by atoms with E-state index in [1.807, 2.05) is 13.8 Å². The number of ether oxygens (including phenoxy) is 1. The van der Waals surface area contributed by atoms with E-state index >= 15 is 0 Å². The molecule has 0 aromatic carbocycles. The number of hydrogen-bond acceptors (Lipinski definition) is 6. The molecule has 1 amide bonds. The first kappa shape index (κ1) is 16.9. The van der Waals surface area contributed by atoms with Crippen LogP contribution in [-0.2, 0) is 9.53 Å². The Morgan fingerprint density at radius 1 is 1.35 bits per heavy atom. The Balaban J connectivity index is 2.35. The Hall–Kier alpha value is -2.44. The Kier molecular flexibility index (Phi) is 4.98. The summed E-state index contributed by atoms with van der Waals surface area (Å²) < 4.78 is 9.90. The summed E-state index contributed by atoms with van der Waals surface area (Å²) in [4.78, 5) is 28.8. The lowest BCUT2D eigenvalue weighted by atomic mass is 10.0. The Labute approximate surface area is 134 Å². The number of aryl methyl sites for hydroxylation is 2. The van der Waals surface area contributed by atoms with Gasteiger partial charge in [-0.25, -0.2) is 9.78 Å². The summed E-state index contributed by atoms with van der Waals surface area (Å²) in [5, 5.41) is 7.15. The molecule has 23 heavy (non-hydrogen) atoms. The second-order valence-electron chi connectivity index (χ2n) is 5.94. The number of fused-ring (bicyclic) bond motifs is 1. The molecule has 2 aromatic heterocycles. The van der Waals surface area contributed by atoms with Gasteiger partial charge in [0.1, 0.15) is 6.04 Å². The molecule has 0 radical (unpaired) electrons. The number of carbonyl (C=O) groups is 2. The van der Waals surface area contributed by atoms with Crippen LogP contribution < -0.4 is 5.32 Å². The normalized spacial score (nSPS) is 12.4. The zero-order chi connectivity index (χ0) is 17.1. The summed E-state index contributed by atoms with van der Waals surface area (Å²) in [5.74, 6) is -0.602. The largest absolute Gasteiger partial charge is 0.467 e. The number of hydrogen-bond donors (Lipinski definition) is 1. The first-order valence-electron chi connectivity index (χ1n) is 7.45. The van der Waals surface area contributed by atoms with Crippen molar-refractivity contribution < 1.29 is 18.8 Å². The molecular formula is C16H21N3O4. The minimum Gasteiger partial charge on any atom is -0.467 e. The van der Waals surface area contributed by atoms with Gasteiger partial charge in [-0.05, 0) is 32.3 Å². The van der Waals surface area contributed by atoms with Crippen LogP contribution in [0.3, 0.4) is 0 Å². The third-order valence-electron chi connectivity index (χ3n) is 3.49. The number of amides is 1. The number of carbonyl (C=O) groups excluding carboxylic acids is 2. The molecule has 0 aliphatic rings. The summed E-state index contributed by atoms with van der Waals surface area (Å²) >= 11 is 0. The highest BCUT2D eigenvalue weighted by atomic mass is 16.5. The molecule has 0 aliphatic heterocycles. The summed E-state index contributed by atoms with van der Waals surface area (Å²) in [7, 11) is 1.31. The first-order chi connectivity index (χ1) is 10.8. The molecule has 0 aliphatic carbocycles. The SMILES string of the molecule is COC(=O)C(CC(C)C)NC(=O)c1cc(C)nc2onc(C)c12. The highest BCUT2D eigenvalue weighted by Gasteiger charge is 2.25. The lowest BCUT2D eigenvalue weighted by Gasteiger charge is -2.18. The van der Waals surface area contributed by atoms with Gasteiger partial charge in [-0.15, -0.1) is 0 Å². The second-order valence-corrected chi connectivity index (χ2v) is 5.94. The number of aromatic nitrogens is 2. The van der Waals surface area contributed by atoms with Crippen molar-refractivity contribution in [2.24, 2.45) is 5.92 Å². The molecule has 7 heteroatoms. The second kappa shape index (κ2) is 6.76. The molecule has 2 rings (SSSR count). The van der Waals surface area contributed by atoms with Crippen molar-refractivity contribution in [3.05, 3.63) is 23.0 Å². The van der Waals surface area contributed by atoms with Crippen LogP contribution in [0.1, 0.15) is 42.0 Å². The molecule has 124 valence electrons. The maximum absolute atomic E-state index is 12.7. The molecule has 0 fully saturated rings. The molecule has 1 N–H and O–H groups in total. The number of nitrogens with zero attached hydrogens (tertiary/aromatic N) is 2. The van der Waals surface area contributed by atoms with E-state index in [0.29, 0.717) is 34.5 Å². The monoisotopic (exact) mass is 319 g/mol. The average molecular weight is 319 g/mol. The quantitative estimate of drug-likeness (QED) is 0.849. The predicted octanol–water partition coefficient (Wildman–Crippen LogP) is 2.16. The van der Waals surface area contributed by atoms with Gasteiger partial charge in [-0.2, -0.15) is 0 Å². The smallest absolute Gasteiger partial charge is 0.328 e. The van der Waals surface area contributed by atoms with Crippen molar-refractivity contribution in [2.75, 3.05) is 7.11 Å². The van der Waals surface area contributed by atoms with E-state index in [9.17, 15) is 9.59 Å². The van der Waals surface area contributed by atoms with E-state index in [0.717, 1.165) is 0 Å². The van der Waals surface area contributed by atoms with Gasteiger partial charge in [0, 0.05) is 5.69 Å². The fourth-order valence-electron chi connectivity index (χ4n) is 2.46. The van der Waals surface area contributed by atoms with Crippen LogP contribution in [-0.4, -0.2) is 35.2 Å². The molecule has 7 nitrogen and oxygen atoms in total. The van der Waals surface area contributed by atoms with Crippen molar-refractivity contribution >= 4 is 23.0 Å². The lowest BCUT2D eigenvalue weighted by Crippen LogP contribution is -2.42. The van der Waals surface area contributed by atoms with E-state index in [1.54, 1.807) is 19.9 Å². The number of esters is 1. The minimum atomic E-state index is -0.698. The Bertz CT molecular complexity index is 736. The summed E-state index contributed by atoms with van der Waals surface area (Å²) in [5.41, 5.74) is 1.92. The van der Waals surface area contributed by atoms with Crippen molar-refractivity contribution in [3.8, 4) is 0 Å². The molecule has 2 heterocycles. The first-order valence-corrected chi connectivity index (χ1v) is 7.45. The molecule has 2 aromatic rings. The van der Waals surface area contributed by atoms with Crippen molar-refractivity contribution in [2.45, 2.75) is 40.2 Å². The van der Waals surface area contributed by atoms with Gasteiger partial charge in [0.05, 0.1) is 23.8 Å². The molecule has 0 bridgehead atoms. The fraction of sp³-hybridized carbons (Fsp3) is 0.500. The molecule has 0 saturated heterocycles. The number of nitrogens with one attached hydrogen (secondary N) is 1. The number of methoxy groups -OCH3 is 1. The zero-order valence-corrected chi connectivity index (χ0v) is 14.0. The van der Waals surface area contributed by atoms with Crippen molar-refractivity contribution in [1.82, 2.24) is 15.5 Å². The average Bonchev–Trinajstić information content (AvgIpc) is 2.85. The fourth-order valence-corrected chi connectivity index (χ4v) is 2.46. The predicted molar refractivity (Wildman–Crippen MR) is 84.0 cm³/mol. The van der Waals surface area contributed by atoms with Gasteiger partial charge >= 0.3 is 5.97 Å². The molecular weight excluding hydrogens is 298 g/mol. The van der Waals surface area contributed by atoms with Crippen LogP contribution in [0.25, 0.3) is 11.1 Å². The summed E-state index contributed by atoms with van der Waals surface area (Å²) in [6.45, 7) is 7.45. The van der Waals surface area contributed by atoms with E-state index in [2.05, 4.69) is 15.5 Å². The maximum Gasteiger partial charge on any atom is 0.328 e. The molecule has 1 atom stereocenters. The Morgan fingerprint density at radius 3 is 2.65 bits per heavy atom. The third kappa shape index (κ3) is 3.67. The van der Waals surface area contributed by atoms with Crippen LogP contribution in [0.2, 0.25) is 0 Å².